The third-order valence-electron chi connectivity index (χ3n) is 7.98. The van der Waals surface area contributed by atoms with Gasteiger partial charge in [-0.25, -0.2) is 0 Å². The maximum absolute atomic E-state index is 11.1. The molecule has 0 aliphatic heterocycles. The molecule has 160 valence electrons. The molecule has 1 aromatic rings. The van der Waals surface area contributed by atoms with Crippen LogP contribution in [-0.4, -0.2) is 26.5 Å². The van der Waals surface area contributed by atoms with Crippen molar-refractivity contribution in [3.63, 3.8) is 0 Å². The number of carboxylic acids is 1. The van der Waals surface area contributed by atoms with E-state index >= 15 is 0 Å². The van der Waals surface area contributed by atoms with E-state index in [9.17, 15) is 15.0 Å². The first-order chi connectivity index (χ1) is 13.5. The summed E-state index contributed by atoms with van der Waals surface area (Å²) < 4.78 is 0. The molecule has 3 N–H and O–H groups in total. The Labute approximate surface area is 178 Å². The van der Waals surface area contributed by atoms with Crippen molar-refractivity contribution in [2.45, 2.75) is 76.9 Å². The molecule has 4 nitrogen and oxygen atoms in total. The number of carbonyl (C=O) groups is 1. The van der Waals surface area contributed by atoms with Crippen LogP contribution < -0.4 is 0 Å². The first-order valence-electron chi connectivity index (χ1n) is 10.6. The molecule has 5 heteroatoms. The third kappa shape index (κ3) is 3.90. The topological polar surface area (TPSA) is 77.8 Å². The third-order valence-corrected chi connectivity index (χ3v) is 9.11. The van der Waals surface area contributed by atoms with Crippen LogP contribution in [0.1, 0.15) is 65.9 Å². The molecular weight excluding hydrogens is 384 g/mol. The number of allylic oxidation sites excluding steroid dienone is 2. The van der Waals surface area contributed by atoms with Crippen LogP contribution in [0.2, 0.25) is 0 Å². The molecule has 2 aliphatic carbocycles. The monoisotopic (exact) mass is 418 g/mol. The van der Waals surface area contributed by atoms with Crippen LogP contribution in [0.4, 0.5) is 0 Å². The van der Waals surface area contributed by atoms with E-state index < -0.39 is 11.2 Å². The fourth-order valence-electron chi connectivity index (χ4n) is 5.70. The van der Waals surface area contributed by atoms with Crippen LogP contribution in [0.25, 0.3) is 0 Å². The lowest BCUT2D eigenvalue weighted by molar-refractivity contribution is -0.136. The summed E-state index contributed by atoms with van der Waals surface area (Å²) in [6.45, 7) is 10.9. The molecule has 3 rings (SSSR count). The zero-order valence-electron chi connectivity index (χ0n) is 18.2. The number of fused-ring (bicyclic) bond motifs is 1. The molecule has 2 aliphatic rings. The maximum atomic E-state index is 11.1. The highest BCUT2D eigenvalue weighted by Gasteiger charge is 2.53. The average Bonchev–Trinajstić information content (AvgIpc) is 2.64. The Balaban J connectivity index is 1.92. The number of hydrogen-bond donors (Lipinski definition) is 3. The van der Waals surface area contributed by atoms with Crippen LogP contribution in [0.5, 0.6) is 11.5 Å². The van der Waals surface area contributed by atoms with Crippen LogP contribution in [-0.2, 0) is 11.2 Å². The van der Waals surface area contributed by atoms with Crippen molar-refractivity contribution in [3.8, 4) is 11.5 Å². The molecule has 0 saturated heterocycles. The molecule has 0 amide bonds. The second-order valence-electron chi connectivity index (χ2n) is 9.60. The van der Waals surface area contributed by atoms with E-state index in [4.69, 9.17) is 5.11 Å². The van der Waals surface area contributed by atoms with E-state index in [0.29, 0.717) is 23.2 Å². The number of carboxylic acid groups (broad SMARTS) is 1. The molecule has 0 heterocycles. The first kappa shape index (κ1) is 22.1. The maximum Gasteiger partial charge on any atom is 0.316 e. The van der Waals surface area contributed by atoms with Gasteiger partial charge in [-0.05, 0) is 86.3 Å². The largest absolute Gasteiger partial charge is 0.508 e. The van der Waals surface area contributed by atoms with Crippen LogP contribution in [0.15, 0.2) is 28.7 Å². The quantitative estimate of drug-likeness (QED) is 0.310. The van der Waals surface area contributed by atoms with Gasteiger partial charge in [0.15, 0.2) is 0 Å². The molecule has 0 aromatic heterocycles. The smallest absolute Gasteiger partial charge is 0.316 e. The molecule has 1 fully saturated rings. The van der Waals surface area contributed by atoms with Crippen molar-refractivity contribution < 1.29 is 20.1 Å². The van der Waals surface area contributed by atoms with Gasteiger partial charge < -0.3 is 15.3 Å². The van der Waals surface area contributed by atoms with E-state index in [0.717, 1.165) is 36.6 Å². The minimum atomic E-state index is -0.943. The molecule has 0 bridgehead atoms. The van der Waals surface area contributed by atoms with Gasteiger partial charge in [0.1, 0.15) is 16.7 Å². The molecule has 29 heavy (non-hydrogen) atoms. The van der Waals surface area contributed by atoms with Crippen molar-refractivity contribution in [1.29, 1.82) is 0 Å². The highest BCUT2D eigenvalue weighted by atomic mass is 32.2. The lowest BCUT2D eigenvalue weighted by Gasteiger charge is -2.58. The van der Waals surface area contributed by atoms with E-state index in [1.807, 2.05) is 0 Å². The highest BCUT2D eigenvalue weighted by Crippen LogP contribution is 2.61. The van der Waals surface area contributed by atoms with Crippen molar-refractivity contribution in [1.82, 2.24) is 0 Å². The van der Waals surface area contributed by atoms with Gasteiger partial charge in [0.25, 0.3) is 0 Å². The number of hydrogen-bond acceptors (Lipinski definition) is 4. The molecule has 0 radical (unpaired) electrons. The van der Waals surface area contributed by atoms with Crippen molar-refractivity contribution in [2.24, 2.45) is 22.7 Å². The second kappa shape index (κ2) is 7.90. The predicted molar refractivity (Wildman–Crippen MR) is 118 cm³/mol. The summed E-state index contributed by atoms with van der Waals surface area (Å²) in [6, 6.07) is 3.17. The standard InChI is InChI=1S/C24H34O4S/c1-14-7-6-8-21-23(14,4)10-9-15(2)24(21,5)13-17-11-19(26)20(12-18(17)25)29-16(3)22(27)28/h7,11-12,15-16,21,25-26H,6,8-10,13H2,1-5H3,(H,27,28)/t15-,16?,21+,23+,24+/m0/s1. The molecule has 1 aromatic carbocycles. The van der Waals surface area contributed by atoms with Gasteiger partial charge in [-0.15, -0.1) is 11.8 Å². The number of thioether (sulfide) groups is 1. The Morgan fingerprint density at radius 3 is 2.59 bits per heavy atom. The van der Waals surface area contributed by atoms with Crippen LogP contribution in [0.3, 0.4) is 0 Å². The minimum absolute atomic E-state index is 0.0233. The lowest BCUT2D eigenvalue weighted by Crippen LogP contribution is -2.50. The fourth-order valence-corrected chi connectivity index (χ4v) is 6.54. The molecular formula is C24H34O4S. The van der Waals surface area contributed by atoms with Gasteiger partial charge in [0.2, 0.25) is 0 Å². The summed E-state index contributed by atoms with van der Waals surface area (Å²) in [5.41, 5.74) is 2.47. The number of phenols is 2. The Morgan fingerprint density at radius 1 is 1.24 bits per heavy atom. The van der Waals surface area contributed by atoms with Gasteiger partial charge in [0, 0.05) is 0 Å². The Morgan fingerprint density at radius 2 is 1.93 bits per heavy atom. The predicted octanol–water partition coefficient (Wildman–Crippen LogP) is 6.00. The van der Waals surface area contributed by atoms with E-state index in [2.05, 4.69) is 33.8 Å². The normalized spacial score (nSPS) is 32.9. The number of aliphatic carboxylic acids is 1. The van der Waals surface area contributed by atoms with Gasteiger partial charge in [0.05, 0.1) is 4.90 Å². The SMILES string of the molecule is CC1=CCC[C@H]2[C@](C)(Cc3cc(O)c(SC(C)C(=O)O)cc3O)[C@@H](C)CC[C@]12C. The summed E-state index contributed by atoms with van der Waals surface area (Å²) in [7, 11) is 0. The summed E-state index contributed by atoms with van der Waals surface area (Å²) in [6.07, 6.45) is 7.73. The minimum Gasteiger partial charge on any atom is -0.508 e. The molecule has 0 spiro atoms. The number of phenolic OH excluding ortho intramolecular Hbond substituents is 2. The Kier molecular flexibility index (Phi) is 6.01. The zero-order valence-corrected chi connectivity index (χ0v) is 19.0. The lowest BCUT2D eigenvalue weighted by atomic mass is 9.47. The number of benzene rings is 1. The second-order valence-corrected chi connectivity index (χ2v) is 11.0. The van der Waals surface area contributed by atoms with E-state index in [1.165, 1.54) is 18.1 Å². The Hall–Kier alpha value is -1.62. The van der Waals surface area contributed by atoms with E-state index in [-0.39, 0.29) is 22.3 Å². The summed E-state index contributed by atoms with van der Waals surface area (Å²) >= 11 is 1.05. The van der Waals surface area contributed by atoms with Crippen LogP contribution >= 0.6 is 11.8 Å². The van der Waals surface area contributed by atoms with Gasteiger partial charge in [-0.3, -0.25) is 4.79 Å². The zero-order chi connectivity index (χ0) is 21.6. The first-order valence-corrected chi connectivity index (χ1v) is 11.5. The van der Waals surface area contributed by atoms with E-state index in [1.54, 1.807) is 13.0 Å². The van der Waals surface area contributed by atoms with Crippen molar-refractivity contribution in [2.75, 3.05) is 0 Å². The van der Waals surface area contributed by atoms with Gasteiger partial charge in [-0.2, -0.15) is 0 Å². The van der Waals surface area contributed by atoms with Crippen molar-refractivity contribution >= 4 is 17.7 Å². The summed E-state index contributed by atoms with van der Waals surface area (Å²) in [4.78, 5) is 11.5. The number of aromatic hydroxyl groups is 2. The van der Waals surface area contributed by atoms with Gasteiger partial charge >= 0.3 is 5.97 Å². The molecule has 1 saturated carbocycles. The van der Waals surface area contributed by atoms with Crippen molar-refractivity contribution in [3.05, 3.63) is 29.3 Å². The number of rotatable bonds is 5. The van der Waals surface area contributed by atoms with Gasteiger partial charge in [-0.1, -0.05) is 32.4 Å². The summed E-state index contributed by atoms with van der Waals surface area (Å²) in [5, 5.41) is 29.7. The molecule has 1 unspecified atom stereocenters. The Bertz CT molecular complexity index is 832. The summed E-state index contributed by atoms with van der Waals surface area (Å²) in [5.74, 6) is 0.305. The average molecular weight is 419 g/mol. The molecule has 5 atom stereocenters. The highest BCUT2D eigenvalue weighted by molar-refractivity contribution is 8.00. The van der Waals surface area contributed by atoms with Crippen LogP contribution in [0, 0.1) is 22.7 Å². The fraction of sp³-hybridized carbons (Fsp3) is 0.625.